The molecule has 0 aliphatic heterocycles. The Bertz CT molecular complexity index is 1100. The van der Waals surface area contributed by atoms with Crippen molar-refractivity contribution in [1.29, 1.82) is 0 Å². The van der Waals surface area contributed by atoms with E-state index in [0.29, 0.717) is 22.5 Å². The van der Waals surface area contributed by atoms with Crippen LogP contribution in [0.25, 0.3) is 10.8 Å². The molecule has 0 bridgehead atoms. The summed E-state index contributed by atoms with van der Waals surface area (Å²) < 4.78 is 0. The van der Waals surface area contributed by atoms with Crippen LogP contribution in [0.4, 0.5) is 11.4 Å². The zero-order valence-corrected chi connectivity index (χ0v) is 15.5. The molecule has 2 N–H and O–H groups in total. The van der Waals surface area contributed by atoms with Crippen molar-refractivity contribution in [2.75, 3.05) is 10.6 Å². The Kier molecular flexibility index (Phi) is 4.65. The van der Waals surface area contributed by atoms with Crippen LogP contribution in [0.1, 0.15) is 40.5 Å². The molecule has 28 heavy (non-hydrogen) atoms. The number of amides is 2. The first-order valence-electron chi connectivity index (χ1n) is 9.27. The molecule has 2 amide bonds. The van der Waals surface area contributed by atoms with E-state index in [-0.39, 0.29) is 23.5 Å². The lowest BCUT2D eigenvalue weighted by Gasteiger charge is -2.13. The van der Waals surface area contributed by atoms with Gasteiger partial charge in [-0.3, -0.25) is 14.4 Å². The van der Waals surface area contributed by atoms with Crippen LogP contribution in [0.15, 0.2) is 60.7 Å². The number of nitrogens with one attached hydrogen (secondary N) is 2. The maximum Gasteiger partial charge on any atom is 0.257 e. The third-order valence-corrected chi connectivity index (χ3v) is 4.86. The minimum Gasteiger partial charge on any atom is -0.325 e. The summed E-state index contributed by atoms with van der Waals surface area (Å²) in [7, 11) is 0. The number of fused-ring (bicyclic) bond motifs is 1. The van der Waals surface area contributed by atoms with Crippen LogP contribution in [0, 0.1) is 5.92 Å². The van der Waals surface area contributed by atoms with Gasteiger partial charge in [-0.05, 0) is 54.8 Å². The van der Waals surface area contributed by atoms with E-state index in [1.165, 1.54) is 6.92 Å². The summed E-state index contributed by atoms with van der Waals surface area (Å²) in [5.41, 5.74) is 1.95. The number of anilines is 2. The van der Waals surface area contributed by atoms with Gasteiger partial charge >= 0.3 is 0 Å². The van der Waals surface area contributed by atoms with E-state index in [1.807, 2.05) is 30.3 Å². The van der Waals surface area contributed by atoms with Gasteiger partial charge in [0.15, 0.2) is 5.78 Å². The lowest BCUT2D eigenvalue weighted by molar-refractivity contribution is -0.117. The zero-order valence-electron chi connectivity index (χ0n) is 15.5. The largest absolute Gasteiger partial charge is 0.325 e. The molecule has 3 aromatic carbocycles. The Balaban J connectivity index is 1.68. The number of carbonyl (C=O) groups excluding carboxylic acids is 3. The number of Topliss-reactive ketones (excluding diaryl/α,β-unsaturated/α-hetero) is 1. The van der Waals surface area contributed by atoms with E-state index in [9.17, 15) is 14.4 Å². The fraction of sp³-hybridized carbons (Fsp3) is 0.174. The van der Waals surface area contributed by atoms with Crippen molar-refractivity contribution >= 4 is 39.7 Å². The van der Waals surface area contributed by atoms with E-state index in [0.717, 1.165) is 23.6 Å². The topological polar surface area (TPSA) is 75.3 Å². The van der Waals surface area contributed by atoms with Gasteiger partial charge < -0.3 is 10.6 Å². The Hall–Kier alpha value is -3.47. The molecule has 1 aliphatic carbocycles. The van der Waals surface area contributed by atoms with Crippen molar-refractivity contribution in [3.05, 3.63) is 71.8 Å². The molecule has 1 aliphatic rings. The third kappa shape index (κ3) is 3.78. The molecular formula is C23H20N2O3. The van der Waals surface area contributed by atoms with Gasteiger partial charge in [-0.25, -0.2) is 0 Å². The molecule has 0 radical (unpaired) electrons. The van der Waals surface area contributed by atoms with Crippen LogP contribution in [-0.4, -0.2) is 17.6 Å². The number of benzene rings is 3. The minimum atomic E-state index is -0.336. The lowest BCUT2D eigenvalue weighted by Crippen LogP contribution is -2.19. The van der Waals surface area contributed by atoms with Gasteiger partial charge in [0.2, 0.25) is 5.91 Å². The van der Waals surface area contributed by atoms with E-state index < -0.39 is 0 Å². The first-order chi connectivity index (χ1) is 13.5. The standard InChI is InChI=1S/C23H20N2O3/c1-14(26)16-7-4-8-19(11-16)24-23(28)20-12-17-5-2-3-6-18(17)13-21(20)25-22(27)15-9-10-15/h2-8,11-13,15H,9-10H2,1H3,(H,24,28)(H,25,27). The molecule has 1 saturated carbocycles. The first-order valence-corrected chi connectivity index (χ1v) is 9.27. The Morgan fingerprint density at radius 2 is 1.57 bits per heavy atom. The molecule has 0 aromatic heterocycles. The fourth-order valence-corrected chi connectivity index (χ4v) is 3.13. The van der Waals surface area contributed by atoms with Crippen molar-refractivity contribution in [3.8, 4) is 0 Å². The molecular weight excluding hydrogens is 352 g/mol. The Labute approximate surface area is 162 Å². The van der Waals surface area contributed by atoms with Gasteiger partial charge in [0.25, 0.3) is 5.91 Å². The Morgan fingerprint density at radius 3 is 2.25 bits per heavy atom. The second kappa shape index (κ2) is 7.27. The summed E-state index contributed by atoms with van der Waals surface area (Å²) in [6.07, 6.45) is 1.78. The maximum absolute atomic E-state index is 13.0. The Morgan fingerprint density at radius 1 is 0.857 bits per heavy atom. The number of rotatable bonds is 5. The molecule has 1 fully saturated rings. The SMILES string of the molecule is CC(=O)c1cccc(NC(=O)c2cc3ccccc3cc2NC(=O)C2CC2)c1. The van der Waals surface area contributed by atoms with Crippen molar-refractivity contribution in [3.63, 3.8) is 0 Å². The van der Waals surface area contributed by atoms with Crippen LogP contribution >= 0.6 is 0 Å². The summed E-state index contributed by atoms with van der Waals surface area (Å²) in [6, 6.07) is 18.1. The molecule has 5 nitrogen and oxygen atoms in total. The van der Waals surface area contributed by atoms with E-state index in [1.54, 1.807) is 30.3 Å². The highest BCUT2D eigenvalue weighted by Gasteiger charge is 2.30. The monoisotopic (exact) mass is 372 g/mol. The van der Waals surface area contributed by atoms with E-state index >= 15 is 0 Å². The van der Waals surface area contributed by atoms with Gasteiger partial charge in [0.05, 0.1) is 11.3 Å². The van der Waals surface area contributed by atoms with Crippen molar-refractivity contribution in [2.45, 2.75) is 19.8 Å². The number of hydrogen-bond acceptors (Lipinski definition) is 3. The van der Waals surface area contributed by atoms with E-state index in [4.69, 9.17) is 0 Å². The summed E-state index contributed by atoms with van der Waals surface area (Å²) in [5.74, 6) is -0.422. The molecule has 0 atom stereocenters. The first kappa shape index (κ1) is 17.9. The minimum absolute atomic E-state index is 0.0367. The van der Waals surface area contributed by atoms with Crippen molar-refractivity contribution < 1.29 is 14.4 Å². The molecule has 4 rings (SSSR count). The van der Waals surface area contributed by atoms with Gasteiger partial charge in [-0.2, -0.15) is 0 Å². The summed E-state index contributed by atoms with van der Waals surface area (Å²) in [4.78, 5) is 36.8. The van der Waals surface area contributed by atoms with Crippen LogP contribution in [0.2, 0.25) is 0 Å². The van der Waals surface area contributed by atoms with Crippen LogP contribution < -0.4 is 10.6 Å². The normalized spacial score (nSPS) is 13.2. The van der Waals surface area contributed by atoms with Crippen LogP contribution in [0.3, 0.4) is 0 Å². The van der Waals surface area contributed by atoms with Crippen molar-refractivity contribution in [2.24, 2.45) is 5.92 Å². The highest BCUT2D eigenvalue weighted by Crippen LogP contribution is 2.32. The zero-order chi connectivity index (χ0) is 19.7. The molecule has 140 valence electrons. The highest BCUT2D eigenvalue weighted by molar-refractivity contribution is 6.13. The fourth-order valence-electron chi connectivity index (χ4n) is 3.13. The highest BCUT2D eigenvalue weighted by atomic mass is 16.2. The average molecular weight is 372 g/mol. The second-order valence-corrected chi connectivity index (χ2v) is 7.10. The summed E-state index contributed by atoms with van der Waals surface area (Å²) in [6.45, 7) is 1.48. The van der Waals surface area contributed by atoms with E-state index in [2.05, 4.69) is 10.6 Å². The van der Waals surface area contributed by atoms with Gasteiger partial charge in [-0.1, -0.05) is 36.4 Å². The van der Waals surface area contributed by atoms with Crippen molar-refractivity contribution in [1.82, 2.24) is 0 Å². The molecule has 0 unspecified atom stereocenters. The van der Waals surface area contributed by atoms with Gasteiger partial charge in [-0.15, -0.1) is 0 Å². The summed E-state index contributed by atoms with van der Waals surface area (Å²) >= 11 is 0. The maximum atomic E-state index is 13.0. The van der Waals surface area contributed by atoms with Gasteiger partial charge in [0, 0.05) is 17.2 Å². The van der Waals surface area contributed by atoms with Crippen LogP contribution in [-0.2, 0) is 4.79 Å². The number of ketones is 1. The smallest absolute Gasteiger partial charge is 0.257 e. The summed E-state index contributed by atoms with van der Waals surface area (Å²) in [5, 5.41) is 7.60. The van der Waals surface area contributed by atoms with Gasteiger partial charge in [0.1, 0.15) is 0 Å². The average Bonchev–Trinajstić information content (AvgIpc) is 3.53. The molecule has 3 aromatic rings. The number of carbonyl (C=O) groups is 3. The lowest BCUT2D eigenvalue weighted by atomic mass is 10.0. The second-order valence-electron chi connectivity index (χ2n) is 7.10. The molecule has 0 saturated heterocycles. The molecule has 5 heteroatoms. The third-order valence-electron chi connectivity index (χ3n) is 4.86. The predicted molar refractivity (Wildman–Crippen MR) is 110 cm³/mol. The molecule has 0 heterocycles. The van der Waals surface area contributed by atoms with Crippen LogP contribution in [0.5, 0.6) is 0 Å². The predicted octanol–water partition coefficient (Wildman–Crippen LogP) is 4.64. The molecule has 0 spiro atoms. The number of hydrogen-bond donors (Lipinski definition) is 2. The quantitative estimate of drug-likeness (QED) is 0.641.